The topological polar surface area (TPSA) is 50.2 Å². The lowest BCUT2D eigenvalue weighted by molar-refractivity contribution is 0.101. The maximum absolute atomic E-state index is 11.4. The lowest BCUT2D eigenvalue weighted by atomic mass is 10.1. The number of benzene rings is 1. The first-order valence-corrected chi connectivity index (χ1v) is 6.49. The minimum Gasteiger partial charge on any atom is -0.505 e. The first kappa shape index (κ1) is 12.5. The zero-order valence-electron chi connectivity index (χ0n) is 9.21. The van der Waals surface area contributed by atoms with Gasteiger partial charge >= 0.3 is 0 Å². The van der Waals surface area contributed by atoms with Crippen LogP contribution in [0.15, 0.2) is 21.1 Å². The molecule has 0 aliphatic rings. The van der Waals surface area contributed by atoms with E-state index < -0.39 is 0 Å². The molecule has 0 atom stereocenters. The van der Waals surface area contributed by atoms with Crippen molar-refractivity contribution in [2.75, 3.05) is 0 Å². The molecule has 3 nitrogen and oxygen atoms in total. The van der Waals surface area contributed by atoms with Gasteiger partial charge in [0.15, 0.2) is 11.5 Å². The fourth-order valence-corrected chi connectivity index (χ4v) is 2.95. The minimum atomic E-state index is -0.0359. The fourth-order valence-electron chi connectivity index (χ4n) is 1.69. The summed E-state index contributed by atoms with van der Waals surface area (Å²) in [6, 6.07) is 3.48. The average Bonchev–Trinajstić information content (AvgIpc) is 2.25. The number of fused-ring (bicyclic) bond motifs is 1. The Labute approximate surface area is 115 Å². The monoisotopic (exact) mass is 357 g/mol. The molecule has 1 heterocycles. The molecule has 5 heteroatoms. The third-order valence-electron chi connectivity index (χ3n) is 2.55. The predicted octanol–water partition coefficient (Wildman–Crippen LogP) is 3.98. The van der Waals surface area contributed by atoms with E-state index in [1.165, 1.54) is 6.92 Å². The molecule has 1 N–H and O–H groups in total. The van der Waals surface area contributed by atoms with Crippen molar-refractivity contribution in [1.82, 2.24) is 4.98 Å². The highest BCUT2D eigenvalue weighted by Gasteiger charge is 2.14. The SMILES string of the molecule is CC(=O)c1cc2c(Br)cc(Br)c(O)c2nc1C. The van der Waals surface area contributed by atoms with Crippen LogP contribution in [0.2, 0.25) is 0 Å². The number of aromatic nitrogens is 1. The molecule has 0 fully saturated rings. The number of hydrogen-bond acceptors (Lipinski definition) is 3. The van der Waals surface area contributed by atoms with Gasteiger partial charge in [-0.05, 0) is 41.9 Å². The van der Waals surface area contributed by atoms with E-state index in [0.717, 1.165) is 9.86 Å². The summed E-state index contributed by atoms with van der Waals surface area (Å²) >= 11 is 6.65. The first-order valence-electron chi connectivity index (χ1n) is 4.91. The highest BCUT2D eigenvalue weighted by atomic mass is 79.9. The number of phenolic OH excluding ortho intramolecular Hbond substituents is 1. The van der Waals surface area contributed by atoms with E-state index in [-0.39, 0.29) is 11.5 Å². The van der Waals surface area contributed by atoms with Gasteiger partial charge in [0.05, 0.1) is 4.47 Å². The van der Waals surface area contributed by atoms with Crippen molar-refractivity contribution in [3.63, 3.8) is 0 Å². The number of halogens is 2. The number of phenols is 1. The molecule has 0 saturated carbocycles. The number of aromatic hydroxyl groups is 1. The first-order chi connectivity index (χ1) is 7.91. The van der Waals surface area contributed by atoms with Gasteiger partial charge in [0, 0.05) is 21.1 Å². The second-order valence-electron chi connectivity index (χ2n) is 3.76. The minimum absolute atomic E-state index is 0.0359. The smallest absolute Gasteiger partial charge is 0.161 e. The maximum Gasteiger partial charge on any atom is 0.161 e. The molecule has 0 unspecified atom stereocenters. The Hall–Kier alpha value is -0.940. The van der Waals surface area contributed by atoms with Gasteiger partial charge in [-0.15, -0.1) is 0 Å². The summed E-state index contributed by atoms with van der Waals surface area (Å²) in [5.41, 5.74) is 1.67. The van der Waals surface area contributed by atoms with E-state index in [9.17, 15) is 9.90 Å². The summed E-state index contributed by atoms with van der Waals surface area (Å²) in [6.45, 7) is 3.26. The van der Waals surface area contributed by atoms with E-state index in [1.54, 1.807) is 19.1 Å². The Kier molecular flexibility index (Phi) is 3.23. The summed E-state index contributed by atoms with van der Waals surface area (Å²) in [5, 5.41) is 10.6. The Balaban J connectivity index is 2.92. The highest BCUT2D eigenvalue weighted by molar-refractivity contribution is 9.11. The number of ketones is 1. The fraction of sp³-hybridized carbons (Fsp3) is 0.167. The van der Waals surface area contributed by atoms with Crippen LogP contribution in [0, 0.1) is 6.92 Å². The molecule has 1 aromatic heterocycles. The van der Waals surface area contributed by atoms with Crippen LogP contribution < -0.4 is 0 Å². The number of Topliss-reactive ketones (excluding diaryl/α,β-unsaturated/α-hetero) is 1. The maximum atomic E-state index is 11.4. The van der Waals surface area contributed by atoms with Gasteiger partial charge in [-0.1, -0.05) is 15.9 Å². The summed E-state index contributed by atoms with van der Waals surface area (Å²) in [7, 11) is 0. The third-order valence-corrected chi connectivity index (χ3v) is 3.81. The molecular formula is C12H9Br2NO2. The van der Waals surface area contributed by atoms with Gasteiger partial charge in [0.1, 0.15) is 5.52 Å². The van der Waals surface area contributed by atoms with Crippen molar-refractivity contribution >= 4 is 48.5 Å². The van der Waals surface area contributed by atoms with Crippen LogP contribution in [0.25, 0.3) is 10.9 Å². The molecule has 0 saturated heterocycles. The summed E-state index contributed by atoms with van der Waals surface area (Å²) in [6.07, 6.45) is 0. The standard InChI is InChI=1S/C12H9Br2NO2/c1-5-7(6(2)16)3-8-9(13)4-10(14)12(17)11(8)15-5/h3-4,17H,1-2H3. The quantitative estimate of drug-likeness (QED) is 0.784. The van der Waals surface area contributed by atoms with Crippen LogP contribution in [0.4, 0.5) is 0 Å². The second-order valence-corrected chi connectivity index (χ2v) is 5.47. The molecule has 2 rings (SSSR count). The third kappa shape index (κ3) is 2.09. The predicted molar refractivity (Wildman–Crippen MR) is 73.5 cm³/mol. The number of nitrogens with zero attached hydrogens (tertiary/aromatic N) is 1. The number of carbonyl (C=O) groups excluding carboxylic acids is 1. The Morgan fingerprint density at radius 1 is 1.29 bits per heavy atom. The molecule has 0 amide bonds. The van der Waals surface area contributed by atoms with Crippen LogP contribution >= 0.6 is 31.9 Å². The van der Waals surface area contributed by atoms with Crippen LogP contribution in [0.5, 0.6) is 5.75 Å². The molecule has 0 spiro atoms. The molecule has 88 valence electrons. The van der Waals surface area contributed by atoms with Crippen molar-refractivity contribution < 1.29 is 9.90 Å². The Bertz CT molecular complexity index is 638. The summed E-state index contributed by atoms with van der Waals surface area (Å²) in [5.74, 6) is 0.0487. The number of pyridine rings is 1. The van der Waals surface area contributed by atoms with Gasteiger partial charge in [-0.2, -0.15) is 0 Å². The number of hydrogen-bond donors (Lipinski definition) is 1. The van der Waals surface area contributed by atoms with Crippen molar-refractivity contribution in [2.24, 2.45) is 0 Å². The summed E-state index contributed by atoms with van der Waals surface area (Å²) < 4.78 is 1.35. The van der Waals surface area contributed by atoms with Crippen molar-refractivity contribution in [3.8, 4) is 5.75 Å². The van der Waals surface area contributed by atoms with E-state index in [4.69, 9.17) is 0 Å². The van der Waals surface area contributed by atoms with Gasteiger partial charge in [-0.25, -0.2) is 4.98 Å². The molecule has 1 aromatic carbocycles. The Morgan fingerprint density at radius 2 is 1.94 bits per heavy atom. The molecule has 0 bridgehead atoms. The molecule has 0 aliphatic carbocycles. The lowest BCUT2D eigenvalue weighted by Gasteiger charge is -2.09. The van der Waals surface area contributed by atoms with Crippen molar-refractivity contribution in [3.05, 3.63) is 32.3 Å². The van der Waals surface area contributed by atoms with E-state index in [2.05, 4.69) is 36.8 Å². The van der Waals surface area contributed by atoms with Crippen LogP contribution in [-0.4, -0.2) is 15.9 Å². The zero-order valence-corrected chi connectivity index (χ0v) is 12.4. The van der Waals surface area contributed by atoms with Gasteiger partial charge in [-0.3, -0.25) is 4.79 Å². The second kappa shape index (κ2) is 4.38. The molecule has 0 radical (unpaired) electrons. The van der Waals surface area contributed by atoms with Crippen LogP contribution in [0.1, 0.15) is 23.0 Å². The molecule has 0 aliphatic heterocycles. The Morgan fingerprint density at radius 3 is 2.53 bits per heavy atom. The number of carbonyl (C=O) groups is 1. The summed E-state index contributed by atoms with van der Waals surface area (Å²) in [4.78, 5) is 15.7. The number of aryl methyl sites for hydroxylation is 1. The normalized spacial score (nSPS) is 10.8. The van der Waals surface area contributed by atoms with Crippen molar-refractivity contribution in [2.45, 2.75) is 13.8 Å². The largest absolute Gasteiger partial charge is 0.505 e. The van der Waals surface area contributed by atoms with Crippen LogP contribution in [0.3, 0.4) is 0 Å². The van der Waals surface area contributed by atoms with E-state index in [1.807, 2.05) is 0 Å². The van der Waals surface area contributed by atoms with Gasteiger partial charge < -0.3 is 5.11 Å². The van der Waals surface area contributed by atoms with Crippen molar-refractivity contribution in [1.29, 1.82) is 0 Å². The molecule has 2 aromatic rings. The molecule has 17 heavy (non-hydrogen) atoms. The molecular weight excluding hydrogens is 350 g/mol. The zero-order chi connectivity index (χ0) is 12.7. The highest BCUT2D eigenvalue weighted by Crippen LogP contribution is 2.37. The lowest BCUT2D eigenvalue weighted by Crippen LogP contribution is -1.99. The van der Waals surface area contributed by atoms with Gasteiger partial charge in [0.25, 0.3) is 0 Å². The van der Waals surface area contributed by atoms with Crippen LogP contribution in [-0.2, 0) is 0 Å². The van der Waals surface area contributed by atoms with Gasteiger partial charge in [0.2, 0.25) is 0 Å². The van der Waals surface area contributed by atoms with E-state index in [0.29, 0.717) is 21.2 Å². The number of rotatable bonds is 1. The van der Waals surface area contributed by atoms with E-state index >= 15 is 0 Å². The average molecular weight is 359 g/mol.